The molecule has 0 amide bonds. The first-order valence-electron chi connectivity index (χ1n) is 0.204. The Kier molecular flexibility index (Phi) is 90.6. The van der Waals surface area contributed by atoms with Gasteiger partial charge < -0.3 is 5.48 Å². The van der Waals surface area contributed by atoms with Crippen molar-refractivity contribution in [3.63, 3.8) is 0 Å². The van der Waals surface area contributed by atoms with E-state index in [4.69, 9.17) is 2.24 Å². The van der Waals surface area contributed by atoms with Crippen molar-refractivity contribution in [3.8, 4) is 0 Å². The monoisotopic (exact) mass is 296 g/mol. The molecule has 0 saturated carbocycles. The van der Waals surface area contributed by atoms with Crippen LogP contribution < -0.4 is 0 Å². The third kappa shape index (κ3) is 9.18. The first-order chi connectivity index (χ1) is 1.00. The van der Waals surface area contributed by atoms with Crippen LogP contribution >= 0.6 is 0 Å². The van der Waals surface area contributed by atoms with Gasteiger partial charge in [-0.1, -0.05) is 0 Å². The molecule has 0 spiro atoms. The van der Waals surface area contributed by atoms with Gasteiger partial charge >= 0.3 is 61.3 Å². The molecule has 0 aliphatic rings. The fraction of sp³-hybridized carbons (Fsp3) is 0. The molecule has 0 aliphatic carbocycles. The number of hydrogen-bond acceptors (Lipinski definition) is 1. The Hall–Kier alpha value is 1.81. The van der Waals surface area contributed by atoms with Crippen molar-refractivity contribution in [1.29, 1.82) is 0 Å². The van der Waals surface area contributed by atoms with Crippen LogP contribution in [0.4, 0.5) is 0 Å². The Morgan fingerprint density at radius 2 is 1.25 bits per heavy atom. The quantitative estimate of drug-likeness (QED) is 0.497. The average Bonchev–Trinajstić information content (AvgIpc) is 1.00. The molecule has 0 bridgehead atoms. The summed E-state index contributed by atoms with van der Waals surface area (Å²) in [6, 6.07) is 0. The molecule has 0 radical (unpaired) electrons. The van der Waals surface area contributed by atoms with Crippen molar-refractivity contribution >= 4 is 29.6 Å². The predicted molar refractivity (Wildman–Crippen MR) is 11.4 cm³/mol. The van der Waals surface area contributed by atoms with Crippen LogP contribution in [-0.4, -0.2) is 35.0 Å². The predicted octanol–water partition coefficient (Wildman–Crippen LogP) is -1.59. The van der Waals surface area contributed by atoms with E-state index in [2.05, 4.69) is 0 Å². The van der Waals surface area contributed by atoms with E-state index < -0.39 is 0 Å². The van der Waals surface area contributed by atoms with E-state index >= 15 is 0 Å². The minimum absolute atomic E-state index is 0. The summed E-state index contributed by atoms with van der Waals surface area (Å²) in [5.41, 5.74) is 0. The van der Waals surface area contributed by atoms with Crippen LogP contribution in [0.2, 0.25) is 0 Å². The molecule has 0 fully saturated rings. The zero-order valence-corrected chi connectivity index (χ0v) is 5.57. The fourth-order valence-electron chi connectivity index (χ4n) is 0. The van der Waals surface area contributed by atoms with E-state index in [9.17, 15) is 0 Å². The molecule has 4 heteroatoms. The number of rotatable bonds is 0. The second-order valence-corrected chi connectivity index (χ2v) is 0. The van der Waals surface area contributed by atoms with Crippen molar-refractivity contribution in [2.45, 2.75) is 0 Å². The molecule has 4 heavy (non-hydrogen) atoms. The van der Waals surface area contributed by atoms with Crippen LogP contribution in [0.3, 0.4) is 0 Å². The van der Waals surface area contributed by atoms with Crippen LogP contribution in [0, 0.1) is 29.5 Å². The summed E-state index contributed by atoms with van der Waals surface area (Å²) in [4.78, 5) is 0. The molecule has 20 valence electrons. The maximum atomic E-state index is 8.42. The molecule has 0 heterocycles. The Morgan fingerprint density at radius 1 is 1.25 bits per heavy atom. The Labute approximate surface area is 65.7 Å². The molecule has 0 aliphatic heterocycles. The maximum absolute atomic E-state index is 8.42. The summed E-state index contributed by atoms with van der Waals surface area (Å²) in [5, 5.41) is 0. The second kappa shape index (κ2) is 21.3. The zero-order chi connectivity index (χ0) is 2.00. The Morgan fingerprint density at radius 3 is 1.25 bits per heavy atom. The minimum atomic E-state index is -0.0918. The van der Waals surface area contributed by atoms with Crippen molar-refractivity contribution in [1.82, 2.24) is 0 Å². The Balaban J connectivity index is -0.00000000500. The van der Waals surface area contributed by atoms with Gasteiger partial charge in [-0.25, -0.2) is 0 Å². The summed E-state index contributed by atoms with van der Waals surface area (Å²) in [6.45, 7) is 0. The van der Waals surface area contributed by atoms with Gasteiger partial charge in [0, 0.05) is 0 Å². The van der Waals surface area contributed by atoms with Gasteiger partial charge in [-0.2, -0.15) is 0 Å². The van der Waals surface area contributed by atoms with Gasteiger partial charge in [0.05, 0.1) is 0 Å². The molecule has 0 aromatic carbocycles. The van der Waals surface area contributed by atoms with Crippen LogP contribution in [0.15, 0.2) is 0 Å². The third-order valence-electron chi connectivity index (χ3n) is 0. The van der Waals surface area contributed by atoms with Gasteiger partial charge in [0.2, 0.25) is 0 Å². The van der Waals surface area contributed by atoms with E-state index in [1.54, 1.807) is 0 Å². The molecule has 0 aromatic heterocycles. The first-order valence-corrected chi connectivity index (χ1v) is 1.90. The van der Waals surface area contributed by atoms with Crippen LogP contribution in [0.5, 0.6) is 0 Å². The molecular weight excluding hydrogens is 293 g/mol. The van der Waals surface area contributed by atoms with Gasteiger partial charge in [0.1, 0.15) is 0 Å². The van der Waals surface area contributed by atoms with Gasteiger partial charge in [0.25, 0.3) is 0 Å². The van der Waals surface area contributed by atoms with Gasteiger partial charge in [-0.3, -0.25) is 0 Å². The van der Waals surface area contributed by atoms with Gasteiger partial charge in [-0.05, 0) is 0 Å². The van der Waals surface area contributed by atoms with E-state index in [1.807, 2.05) is 0 Å². The summed E-state index contributed by atoms with van der Waals surface area (Å²) in [6.07, 6.45) is 0. The van der Waals surface area contributed by atoms with Crippen LogP contribution in [0.1, 0.15) is 0 Å². The third-order valence-corrected chi connectivity index (χ3v) is 0. The standard InChI is InChI=1S/Na.H2O.O.U.H/h;1H2;;;. The second-order valence-electron chi connectivity index (χ2n) is 0. The van der Waals surface area contributed by atoms with E-state index in [1.165, 1.54) is 0 Å². The first kappa shape index (κ1) is 17.0. The number of hydrogen-bond donors (Lipinski definition) is 0. The molecule has 0 saturated heterocycles. The molecule has 0 rings (SSSR count). The van der Waals surface area contributed by atoms with Crippen LogP contribution in [-0.2, 0) is 2.24 Å². The summed E-state index contributed by atoms with van der Waals surface area (Å²) < 4.78 is 8.42. The molecule has 0 unspecified atom stereocenters. The van der Waals surface area contributed by atoms with E-state index in [-0.39, 0.29) is 64.5 Å². The average molecular weight is 296 g/mol. The normalized spacial score (nSPS) is 1.50. The van der Waals surface area contributed by atoms with Crippen LogP contribution in [0.25, 0.3) is 0 Å². The van der Waals surface area contributed by atoms with E-state index in [0.717, 1.165) is 0 Å². The van der Waals surface area contributed by atoms with Gasteiger partial charge in [0.15, 0.2) is 0 Å². The summed E-state index contributed by atoms with van der Waals surface area (Å²) in [5.74, 6) is 0. The molecule has 2 nitrogen and oxygen atoms in total. The molecular formula is H3NaO2U. The zero-order valence-electron chi connectivity index (χ0n) is 1.41. The molecule has 2 N–H and O–H groups in total. The van der Waals surface area contributed by atoms with Crippen molar-refractivity contribution in [2.75, 3.05) is 0 Å². The van der Waals surface area contributed by atoms with E-state index in [0.29, 0.717) is 0 Å². The molecule has 0 atom stereocenters. The van der Waals surface area contributed by atoms with Crippen molar-refractivity contribution in [2.24, 2.45) is 0 Å². The Bertz CT molecular complexity index is 6.00. The SMILES string of the molecule is O.[NaH].[O]=[U]. The summed E-state index contributed by atoms with van der Waals surface area (Å²) in [7, 11) is 0. The summed E-state index contributed by atoms with van der Waals surface area (Å²) >= 11 is -0.0918. The topological polar surface area (TPSA) is 48.6 Å². The fourth-order valence-corrected chi connectivity index (χ4v) is 0. The molecule has 0 aromatic rings. The van der Waals surface area contributed by atoms with Crippen molar-refractivity contribution in [3.05, 3.63) is 0 Å². The van der Waals surface area contributed by atoms with Crippen molar-refractivity contribution < 1.29 is 37.2 Å². The van der Waals surface area contributed by atoms with Gasteiger partial charge in [-0.15, -0.1) is 0 Å².